The Balaban J connectivity index is 2.68. The molecule has 0 N–H and O–H groups in total. The number of rotatable bonds is 5. The first-order valence-corrected chi connectivity index (χ1v) is 4.81. The van der Waals surface area contributed by atoms with Gasteiger partial charge < -0.3 is 9.47 Å². The van der Waals surface area contributed by atoms with E-state index in [4.69, 9.17) is 21.1 Å². The van der Waals surface area contributed by atoms with Crippen molar-refractivity contribution in [2.45, 2.75) is 12.5 Å². The van der Waals surface area contributed by atoms with Crippen LogP contribution in [-0.2, 0) is 9.47 Å². The first-order valence-electron chi connectivity index (χ1n) is 4.43. The standard InChI is InChI=1S/C11H14ClO2/c1-3-11(14-8-13-2)9-5-4-6-10(12)7-9/h4-7,11H,1,3,8H2,2H3. The molecule has 0 bridgehead atoms. The Morgan fingerprint density at radius 2 is 2.29 bits per heavy atom. The number of hydrogen-bond donors (Lipinski definition) is 0. The minimum absolute atomic E-state index is 0.0475. The molecule has 3 heteroatoms. The van der Waals surface area contributed by atoms with Gasteiger partial charge in [0.2, 0.25) is 0 Å². The summed E-state index contributed by atoms with van der Waals surface area (Å²) in [6, 6.07) is 7.59. The van der Waals surface area contributed by atoms with Crippen LogP contribution in [0.5, 0.6) is 0 Å². The van der Waals surface area contributed by atoms with E-state index in [1.807, 2.05) is 24.3 Å². The zero-order chi connectivity index (χ0) is 10.4. The maximum absolute atomic E-state index is 5.87. The third-order valence-electron chi connectivity index (χ3n) is 1.87. The summed E-state index contributed by atoms with van der Waals surface area (Å²) in [5.41, 5.74) is 1.03. The highest BCUT2D eigenvalue weighted by Gasteiger charge is 2.09. The fourth-order valence-electron chi connectivity index (χ4n) is 1.20. The Morgan fingerprint density at radius 3 is 2.86 bits per heavy atom. The molecule has 14 heavy (non-hydrogen) atoms. The van der Waals surface area contributed by atoms with Gasteiger partial charge in [-0.05, 0) is 24.1 Å². The van der Waals surface area contributed by atoms with Gasteiger partial charge in [0.05, 0.1) is 6.10 Å². The minimum Gasteiger partial charge on any atom is -0.359 e. The molecule has 0 saturated carbocycles. The van der Waals surface area contributed by atoms with E-state index in [9.17, 15) is 0 Å². The molecule has 0 fully saturated rings. The SMILES string of the molecule is [CH2]CC(OCOC)c1cccc(Cl)c1. The second-order valence-electron chi connectivity index (χ2n) is 2.91. The summed E-state index contributed by atoms with van der Waals surface area (Å²) in [5.74, 6) is 0. The molecule has 0 saturated heterocycles. The van der Waals surface area contributed by atoms with Crippen LogP contribution in [0.4, 0.5) is 0 Å². The Morgan fingerprint density at radius 1 is 1.50 bits per heavy atom. The molecule has 0 aliphatic rings. The van der Waals surface area contributed by atoms with Gasteiger partial charge in [-0.3, -0.25) is 0 Å². The van der Waals surface area contributed by atoms with Gasteiger partial charge in [0.1, 0.15) is 6.79 Å². The quantitative estimate of drug-likeness (QED) is 0.700. The highest BCUT2D eigenvalue weighted by Crippen LogP contribution is 2.23. The van der Waals surface area contributed by atoms with Crippen molar-refractivity contribution < 1.29 is 9.47 Å². The normalized spacial score (nSPS) is 12.8. The van der Waals surface area contributed by atoms with Gasteiger partial charge in [0, 0.05) is 12.1 Å². The van der Waals surface area contributed by atoms with Crippen molar-refractivity contribution in [2.75, 3.05) is 13.9 Å². The molecule has 0 aliphatic carbocycles. The first kappa shape index (κ1) is 11.5. The predicted octanol–water partition coefficient (Wildman–Crippen LogP) is 3.23. The molecule has 1 unspecified atom stereocenters. The number of methoxy groups -OCH3 is 1. The third kappa shape index (κ3) is 3.29. The lowest BCUT2D eigenvalue weighted by Gasteiger charge is -2.15. The van der Waals surface area contributed by atoms with Crippen LogP contribution < -0.4 is 0 Å². The van der Waals surface area contributed by atoms with Crippen LogP contribution in [0, 0.1) is 6.92 Å². The minimum atomic E-state index is -0.0475. The summed E-state index contributed by atoms with van der Waals surface area (Å²) in [6.07, 6.45) is 0.609. The van der Waals surface area contributed by atoms with Crippen molar-refractivity contribution >= 4 is 11.6 Å². The molecule has 1 aromatic rings. The summed E-state index contributed by atoms with van der Waals surface area (Å²) in [7, 11) is 1.60. The summed E-state index contributed by atoms with van der Waals surface area (Å²) in [4.78, 5) is 0. The molecular formula is C11H14ClO2. The van der Waals surface area contributed by atoms with Gasteiger partial charge in [-0.15, -0.1) is 0 Å². The number of ether oxygens (including phenoxy) is 2. The van der Waals surface area contributed by atoms with Gasteiger partial charge in [-0.1, -0.05) is 30.7 Å². The highest BCUT2D eigenvalue weighted by atomic mass is 35.5. The summed E-state index contributed by atoms with van der Waals surface area (Å²) < 4.78 is 10.3. The molecule has 1 aromatic carbocycles. The Hall–Kier alpha value is -0.570. The molecule has 1 atom stereocenters. The van der Waals surface area contributed by atoms with E-state index < -0.39 is 0 Å². The van der Waals surface area contributed by atoms with Crippen LogP contribution in [0.25, 0.3) is 0 Å². The number of hydrogen-bond acceptors (Lipinski definition) is 2. The average molecular weight is 214 g/mol. The van der Waals surface area contributed by atoms with E-state index >= 15 is 0 Å². The van der Waals surface area contributed by atoms with Gasteiger partial charge in [0.25, 0.3) is 0 Å². The smallest absolute Gasteiger partial charge is 0.147 e. The fourth-order valence-corrected chi connectivity index (χ4v) is 1.40. The number of benzene rings is 1. The van der Waals surface area contributed by atoms with Crippen molar-refractivity contribution in [3.63, 3.8) is 0 Å². The maximum Gasteiger partial charge on any atom is 0.147 e. The van der Waals surface area contributed by atoms with Gasteiger partial charge in [0.15, 0.2) is 0 Å². The van der Waals surface area contributed by atoms with Crippen LogP contribution in [0.1, 0.15) is 18.1 Å². The van der Waals surface area contributed by atoms with E-state index in [2.05, 4.69) is 6.92 Å². The van der Waals surface area contributed by atoms with Crippen molar-refractivity contribution in [3.8, 4) is 0 Å². The Bertz CT molecular complexity index is 276. The van der Waals surface area contributed by atoms with Gasteiger partial charge in [-0.2, -0.15) is 0 Å². The lowest BCUT2D eigenvalue weighted by molar-refractivity contribution is -0.0723. The largest absolute Gasteiger partial charge is 0.359 e. The monoisotopic (exact) mass is 213 g/mol. The van der Waals surface area contributed by atoms with Crippen LogP contribution >= 0.6 is 11.6 Å². The molecule has 77 valence electrons. The molecule has 0 aliphatic heterocycles. The molecular weight excluding hydrogens is 200 g/mol. The van der Waals surface area contributed by atoms with E-state index in [1.165, 1.54) is 0 Å². The summed E-state index contributed by atoms with van der Waals surface area (Å²) in [6.45, 7) is 4.09. The van der Waals surface area contributed by atoms with Gasteiger partial charge >= 0.3 is 0 Å². The predicted molar refractivity (Wildman–Crippen MR) is 57.1 cm³/mol. The van der Waals surface area contributed by atoms with Crippen LogP contribution in [0.15, 0.2) is 24.3 Å². The first-order chi connectivity index (χ1) is 6.77. The summed E-state index contributed by atoms with van der Waals surface area (Å²) >= 11 is 5.87. The van der Waals surface area contributed by atoms with Crippen molar-refractivity contribution in [3.05, 3.63) is 41.8 Å². The van der Waals surface area contributed by atoms with E-state index in [0.29, 0.717) is 11.4 Å². The van der Waals surface area contributed by atoms with E-state index in [-0.39, 0.29) is 12.9 Å². The van der Waals surface area contributed by atoms with Crippen LogP contribution in [0.3, 0.4) is 0 Å². The number of halogens is 1. The zero-order valence-corrected chi connectivity index (χ0v) is 8.96. The topological polar surface area (TPSA) is 18.5 Å². The Labute approximate surface area is 89.8 Å². The van der Waals surface area contributed by atoms with E-state index in [1.54, 1.807) is 7.11 Å². The highest BCUT2D eigenvalue weighted by molar-refractivity contribution is 6.30. The molecule has 1 rings (SSSR count). The lowest BCUT2D eigenvalue weighted by Crippen LogP contribution is -2.05. The average Bonchev–Trinajstić information content (AvgIpc) is 2.19. The van der Waals surface area contributed by atoms with Crippen LogP contribution in [-0.4, -0.2) is 13.9 Å². The molecule has 0 aromatic heterocycles. The van der Waals surface area contributed by atoms with Gasteiger partial charge in [-0.25, -0.2) is 0 Å². The summed E-state index contributed by atoms with van der Waals surface area (Å²) in [5, 5.41) is 0.710. The maximum atomic E-state index is 5.87. The van der Waals surface area contributed by atoms with Crippen LogP contribution in [0.2, 0.25) is 5.02 Å². The second-order valence-corrected chi connectivity index (χ2v) is 3.34. The van der Waals surface area contributed by atoms with E-state index in [0.717, 1.165) is 5.56 Å². The zero-order valence-electron chi connectivity index (χ0n) is 8.20. The molecule has 0 spiro atoms. The van der Waals surface area contributed by atoms with Crippen molar-refractivity contribution in [1.82, 2.24) is 0 Å². The third-order valence-corrected chi connectivity index (χ3v) is 2.10. The molecule has 0 heterocycles. The lowest BCUT2D eigenvalue weighted by atomic mass is 10.1. The Kier molecular flexibility index (Phi) is 4.94. The molecule has 2 nitrogen and oxygen atoms in total. The fraction of sp³-hybridized carbons (Fsp3) is 0.364. The second kappa shape index (κ2) is 6.02. The van der Waals surface area contributed by atoms with Crippen molar-refractivity contribution in [1.29, 1.82) is 0 Å². The van der Waals surface area contributed by atoms with Crippen molar-refractivity contribution in [2.24, 2.45) is 0 Å². The molecule has 1 radical (unpaired) electrons. The molecule has 0 amide bonds.